The topological polar surface area (TPSA) is 9.23 Å². The number of hydrogen-bond acceptors (Lipinski definition) is 1. The van der Waals surface area contributed by atoms with Crippen molar-refractivity contribution in [2.24, 2.45) is 0 Å². The molecule has 0 unspecified atom stereocenters. The van der Waals surface area contributed by atoms with Crippen LogP contribution in [0.25, 0.3) is 0 Å². The van der Waals surface area contributed by atoms with Gasteiger partial charge in [0.25, 0.3) is 0 Å². The fourth-order valence-corrected chi connectivity index (χ4v) is 5.94. The summed E-state index contributed by atoms with van der Waals surface area (Å²) < 4.78 is 5.91. The number of ether oxygens (including phenoxy) is 1. The maximum Gasteiger partial charge on any atom is 0.129 e. The fraction of sp³-hybridized carbons (Fsp3) is 0.231. The predicted octanol–water partition coefficient (Wildman–Crippen LogP) is 11.1. The summed E-state index contributed by atoms with van der Waals surface area (Å²) in [5.41, 5.74) is 14.2. The number of methoxy groups -OCH3 is 1. The zero-order chi connectivity index (χ0) is 38.9. The molecule has 0 spiro atoms. The smallest absolute Gasteiger partial charge is 0.129 e. The Balaban J connectivity index is 1.20. The van der Waals surface area contributed by atoms with E-state index >= 15 is 0 Å². The molecule has 2 heteroatoms. The van der Waals surface area contributed by atoms with Crippen molar-refractivity contribution in [1.29, 1.82) is 0 Å². The molecule has 0 N–H and O–H groups in total. The zero-order valence-electron chi connectivity index (χ0n) is 33.3. The first-order valence-electron chi connectivity index (χ1n) is 18.3. The second-order valence-electron chi connectivity index (χ2n) is 16.4. The van der Waals surface area contributed by atoms with Crippen LogP contribution >= 0.6 is 0 Å². The summed E-state index contributed by atoms with van der Waals surface area (Å²) in [4.78, 5) is 0. The molecular formula is C52H48OSi. The third kappa shape index (κ3) is 11.5. The summed E-state index contributed by atoms with van der Waals surface area (Å²) in [6.07, 6.45) is 0. The maximum absolute atomic E-state index is 5.91. The lowest BCUT2D eigenvalue weighted by Crippen LogP contribution is -2.19. The third-order valence-corrected chi connectivity index (χ3v) is 9.31. The van der Waals surface area contributed by atoms with Crippen LogP contribution in [0.3, 0.4) is 0 Å². The molecular weight excluding hydrogens is 669 g/mol. The van der Waals surface area contributed by atoms with E-state index in [1.807, 2.05) is 97.1 Å². The second kappa shape index (κ2) is 16.7. The molecule has 0 aliphatic rings. The second-order valence-corrected chi connectivity index (χ2v) is 21.2. The Morgan fingerprint density at radius 1 is 0.370 bits per heavy atom. The van der Waals surface area contributed by atoms with Crippen molar-refractivity contribution in [3.63, 3.8) is 0 Å². The Bertz CT molecular complexity index is 2400. The van der Waals surface area contributed by atoms with E-state index in [1.54, 1.807) is 7.11 Å². The molecule has 0 aromatic heterocycles. The molecule has 266 valence electrons. The molecule has 5 aromatic carbocycles. The maximum atomic E-state index is 5.91. The molecule has 0 radical (unpaired) electrons. The van der Waals surface area contributed by atoms with Crippen LogP contribution in [-0.4, -0.2) is 15.2 Å². The summed E-state index contributed by atoms with van der Waals surface area (Å²) in [6, 6.07) is 36.6. The van der Waals surface area contributed by atoms with E-state index in [2.05, 4.69) is 132 Å². The normalized spacial score (nSPS) is 10.8. The lowest BCUT2D eigenvalue weighted by Gasteiger charge is -2.29. The highest BCUT2D eigenvalue weighted by molar-refractivity contribution is 6.83. The molecule has 0 bridgehead atoms. The summed E-state index contributed by atoms with van der Waals surface area (Å²) in [7, 11) is 0.369. The molecule has 0 heterocycles. The van der Waals surface area contributed by atoms with Gasteiger partial charge in [0.1, 0.15) is 13.8 Å². The molecule has 0 fully saturated rings. The summed E-state index contributed by atoms with van der Waals surface area (Å²) in [5, 5.41) is 0. The first-order chi connectivity index (χ1) is 25.6. The van der Waals surface area contributed by atoms with Gasteiger partial charge >= 0.3 is 0 Å². The molecule has 0 atom stereocenters. The third-order valence-electron chi connectivity index (χ3n) is 8.44. The Morgan fingerprint density at radius 2 is 0.593 bits per heavy atom. The van der Waals surface area contributed by atoms with E-state index in [0.717, 1.165) is 55.8 Å². The molecule has 5 aromatic rings. The summed E-state index contributed by atoms with van der Waals surface area (Å²) >= 11 is 0. The van der Waals surface area contributed by atoms with Crippen LogP contribution in [0.15, 0.2) is 109 Å². The highest BCUT2D eigenvalue weighted by atomic mass is 28.3. The molecule has 5 rings (SSSR count). The van der Waals surface area contributed by atoms with Gasteiger partial charge in [0.2, 0.25) is 0 Å². The van der Waals surface area contributed by atoms with Crippen LogP contribution < -0.4 is 4.74 Å². The SMILES string of the molecule is COc1c(C(C)(C)C)cc(C#Cc2ccc(C#Cc3ccc(C#Cc4ccc(C#Cc5ccc(C#C[Si](C)(C)C)cc5)cc4)cc3)cc2)cc1C(C)(C)C. The van der Waals surface area contributed by atoms with Crippen LogP contribution in [0.1, 0.15) is 103 Å². The minimum Gasteiger partial charge on any atom is -0.496 e. The first-order valence-corrected chi connectivity index (χ1v) is 21.8. The van der Waals surface area contributed by atoms with Gasteiger partial charge in [-0.3, -0.25) is 0 Å². The van der Waals surface area contributed by atoms with E-state index in [0.29, 0.717) is 0 Å². The van der Waals surface area contributed by atoms with Gasteiger partial charge in [0.15, 0.2) is 0 Å². The minimum atomic E-state index is -1.39. The van der Waals surface area contributed by atoms with Gasteiger partial charge in [-0.15, -0.1) is 5.54 Å². The highest BCUT2D eigenvalue weighted by Gasteiger charge is 2.27. The molecule has 54 heavy (non-hydrogen) atoms. The van der Waals surface area contributed by atoms with E-state index in [-0.39, 0.29) is 10.8 Å². The quantitative estimate of drug-likeness (QED) is 0.124. The van der Waals surface area contributed by atoms with Crippen molar-refractivity contribution in [3.05, 3.63) is 170 Å². The highest BCUT2D eigenvalue weighted by Crippen LogP contribution is 2.40. The molecule has 0 saturated carbocycles. The van der Waals surface area contributed by atoms with Crippen molar-refractivity contribution >= 4 is 8.07 Å². The Kier molecular flexibility index (Phi) is 12.1. The molecule has 0 aliphatic carbocycles. The van der Waals surface area contributed by atoms with Crippen LogP contribution in [0, 0.1) is 58.8 Å². The largest absolute Gasteiger partial charge is 0.496 e. The van der Waals surface area contributed by atoms with E-state index in [9.17, 15) is 0 Å². The van der Waals surface area contributed by atoms with Gasteiger partial charge in [-0.2, -0.15) is 0 Å². The van der Waals surface area contributed by atoms with Gasteiger partial charge in [0.05, 0.1) is 7.11 Å². The van der Waals surface area contributed by atoms with Crippen molar-refractivity contribution in [1.82, 2.24) is 0 Å². The Morgan fingerprint density at radius 3 is 0.796 bits per heavy atom. The fourth-order valence-electron chi connectivity index (χ4n) is 5.42. The molecule has 0 amide bonds. The monoisotopic (exact) mass is 716 g/mol. The van der Waals surface area contributed by atoms with Crippen LogP contribution in [0.4, 0.5) is 0 Å². The van der Waals surface area contributed by atoms with Gasteiger partial charge in [-0.05, 0) is 120 Å². The average Bonchev–Trinajstić information content (AvgIpc) is 3.14. The number of benzene rings is 5. The van der Waals surface area contributed by atoms with Crippen molar-refractivity contribution in [3.8, 4) is 64.6 Å². The summed E-state index contributed by atoms with van der Waals surface area (Å²) in [6.45, 7) is 20.0. The lowest BCUT2D eigenvalue weighted by molar-refractivity contribution is 0.381. The van der Waals surface area contributed by atoms with Crippen molar-refractivity contribution in [2.45, 2.75) is 72.0 Å². The summed E-state index contributed by atoms with van der Waals surface area (Å²) in [5.74, 6) is 30.5. The predicted molar refractivity (Wildman–Crippen MR) is 230 cm³/mol. The molecule has 0 aliphatic heterocycles. The van der Waals surface area contributed by atoms with Gasteiger partial charge in [-0.25, -0.2) is 0 Å². The van der Waals surface area contributed by atoms with E-state index in [1.165, 1.54) is 11.1 Å². The zero-order valence-corrected chi connectivity index (χ0v) is 34.3. The van der Waals surface area contributed by atoms with Crippen LogP contribution in [0.2, 0.25) is 19.6 Å². The van der Waals surface area contributed by atoms with Gasteiger partial charge in [-0.1, -0.05) is 114 Å². The van der Waals surface area contributed by atoms with Crippen molar-refractivity contribution < 1.29 is 4.74 Å². The lowest BCUT2D eigenvalue weighted by atomic mass is 9.78. The average molecular weight is 717 g/mol. The number of hydrogen-bond donors (Lipinski definition) is 0. The Hall–Kier alpha value is -6.08. The van der Waals surface area contributed by atoms with E-state index in [4.69, 9.17) is 4.74 Å². The Labute approximate surface area is 325 Å². The van der Waals surface area contributed by atoms with Gasteiger partial charge in [0, 0.05) is 61.2 Å². The van der Waals surface area contributed by atoms with Crippen LogP contribution in [-0.2, 0) is 10.8 Å². The first kappa shape index (κ1) is 39.1. The van der Waals surface area contributed by atoms with Gasteiger partial charge < -0.3 is 4.74 Å². The molecule has 0 saturated heterocycles. The van der Waals surface area contributed by atoms with E-state index < -0.39 is 8.07 Å². The standard InChI is InChI=1S/C52H48OSi/c1-51(2,3)48-37-47(38-49(50(48)53-7)52(4,5)6)34-33-45-27-25-43(26-28-45)22-21-41-15-13-39(14-16-41)11-12-40-17-19-42(20-18-40)23-24-44-29-31-46(32-30-44)35-36-54(8,9)10/h13-20,25-32,37-38H,1-10H3. The number of rotatable bonds is 1. The van der Waals surface area contributed by atoms with Crippen LogP contribution in [0.5, 0.6) is 5.75 Å². The van der Waals surface area contributed by atoms with Crippen molar-refractivity contribution in [2.75, 3.05) is 7.11 Å². The minimum absolute atomic E-state index is 0.0701. The molecule has 1 nitrogen and oxygen atoms in total.